The first-order chi connectivity index (χ1) is 11.5. The molecule has 24 heavy (non-hydrogen) atoms. The maximum atomic E-state index is 12.7. The number of carbonyl (C=O) groups is 1. The Labute approximate surface area is 145 Å². The Hall–Kier alpha value is -2.31. The van der Waals surface area contributed by atoms with Gasteiger partial charge in [-0.2, -0.15) is 5.10 Å². The summed E-state index contributed by atoms with van der Waals surface area (Å²) in [4.78, 5) is 12.7. The average Bonchev–Trinajstić information content (AvgIpc) is 3.05. The number of halogens is 1. The summed E-state index contributed by atoms with van der Waals surface area (Å²) in [5.74, 6) is 0.318. The maximum absolute atomic E-state index is 12.7. The van der Waals surface area contributed by atoms with Gasteiger partial charge in [-0.05, 0) is 31.2 Å². The van der Waals surface area contributed by atoms with Crippen LogP contribution in [0.1, 0.15) is 16.2 Å². The zero-order chi connectivity index (χ0) is 17.3. The Bertz CT molecular complexity index is 878. The van der Waals surface area contributed by atoms with Crippen molar-refractivity contribution in [3.05, 3.63) is 46.7 Å². The number of methoxy groups -OCH3 is 1. The third-order valence-electron chi connectivity index (χ3n) is 3.97. The van der Waals surface area contributed by atoms with E-state index in [1.165, 1.54) is 0 Å². The second kappa shape index (κ2) is 6.67. The highest BCUT2D eigenvalue weighted by Crippen LogP contribution is 2.24. The summed E-state index contributed by atoms with van der Waals surface area (Å²) in [6, 6.07) is 9.24. The quantitative estimate of drug-likeness (QED) is 0.771. The molecular formula is C17H19ClN4O2. The van der Waals surface area contributed by atoms with E-state index < -0.39 is 0 Å². The first-order valence-corrected chi connectivity index (χ1v) is 7.97. The lowest BCUT2D eigenvalue weighted by molar-refractivity contribution is 0.101. The second-order valence-corrected chi connectivity index (χ2v) is 6.06. The van der Waals surface area contributed by atoms with Gasteiger partial charge in [-0.25, -0.2) is 0 Å². The number of aromatic nitrogens is 3. The minimum absolute atomic E-state index is 0.212. The van der Waals surface area contributed by atoms with Gasteiger partial charge in [0.2, 0.25) is 0 Å². The lowest BCUT2D eigenvalue weighted by atomic mass is 10.2. The van der Waals surface area contributed by atoms with E-state index in [1.807, 2.05) is 48.9 Å². The number of anilines is 1. The number of carbonyl (C=O) groups excluding carboxylic acids is 1. The summed E-state index contributed by atoms with van der Waals surface area (Å²) in [5, 5.41) is 8.67. The summed E-state index contributed by atoms with van der Waals surface area (Å²) in [6.45, 7) is 3.02. The lowest BCUT2D eigenvalue weighted by Crippen LogP contribution is -2.18. The molecule has 0 saturated carbocycles. The minimum Gasteiger partial charge on any atom is -0.383 e. The third kappa shape index (κ3) is 3.16. The van der Waals surface area contributed by atoms with Crippen molar-refractivity contribution >= 4 is 34.2 Å². The fraction of sp³-hybridized carbons (Fsp3) is 0.294. The van der Waals surface area contributed by atoms with Gasteiger partial charge >= 0.3 is 0 Å². The minimum atomic E-state index is -0.212. The Morgan fingerprint density at radius 3 is 2.79 bits per heavy atom. The summed E-state index contributed by atoms with van der Waals surface area (Å²) in [7, 11) is 3.47. The van der Waals surface area contributed by atoms with Crippen LogP contribution >= 0.6 is 11.6 Å². The highest BCUT2D eigenvalue weighted by molar-refractivity contribution is 6.31. The second-order valence-electron chi connectivity index (χ2n) is 5.63. The van der Waals surface area contributed by atoms with Gasteiger partial charge in [0.05, 0.1) is 6.61 Å². The summed E-state index contributed by atoms with van der Waals surface area (Å²) in [5.41, 5.74) is 2.46. The molecule has 1 N–H and O–H groups in total. The van der Waals surface area contributed by atoms with Crippen LogP contribution in [-0.4, -0.2) is 34.0 Å². The van der Waals surface area contributed by atoms with Crippen LogP contribution in [-0.2, 0) is 18.3 Å². The number of hydrogen-bond donors (Lipinski definition) is 1. The first kappa shape index (κ1) is 16.5. The number of aryl methyl sites for hydroxylation is 2. The Kier molecular flexibility index (Phi) is 4.59. The molecule has 0 atom stereocenters. The van der Waals surface area contributed by atoms with E-state index in [0.29, 0.717) is 29.7 Å². The van der Waals surface area contributed by atoms with E-state index in [2.05, 4.69) is 10.4 Å². The van der Waals surface area contributed by atoms with Crippen LogP contribution in [0.25, 0.3) is 10.9 Å². The summed E-state index contributed by atoms with van der Waals surface area (Å²) < 4.78 is 8.81. The Morgan fingerprint density at radius 2 is 2.12 bits per heavy atom. The van der Waals surface area contributed by atoms with Crippen molar-refractivity contribution in [3.63, 3.8) is 0 Å². The van der Waals surface area contributed by atoms with Crippen LogP contribution in [0, 0.1) is 6.92 Å². The predicted molar refractivity (Wildman–Crippen MR) is 94.7 cm³/mol. The molecule has 0 bridgehead atoms. The van der Waals surface area contributed by atoms with Gasteiger partial charge < -0.3 is 14.6 Å². The summed E-state index contributed by atoms with van der Waals surface area (Å²) >= 11 is 6.07. The van der Waals surface area contributed by atoms with Crippen LogP contribution in [0.2, 0.25) is 5.02 Å². The fourth-order valence-electron chi connectivity index (χ4n) is 2.66. The zero-order valence-electron chi connectivity index (χ0n) is 13.8. The number of nitrogens with zero attached hydrogens (tertiary/aromatic N) is 3. The number of rotatable bonds is 5. The molecule has 0 saturated heterocycles. The van der Waals surface area contributed by atoms with Crippen molar-refractivity contribution in [2.75, 3.05) is 19.0 Å². The normalized spacial score (nSPS) is 11.2. The molecule has 1 aromatic carbocycles. The molecule has 126 valence electrons. The number of ether oxygens (including phenoxy) is 1. The van der Waals surface area contributed by atoms with Crippen LogP contribution in [0.4, 0.5) is 5.82 Å². The van der Waals surface area contributed by atoms with E-state index in [1.54, 1.807) is 11.8 Å². The smallest absolute Gasteiger partial charge is 0.273 e. The van der Waals surface area contributed by atoms with Gasteiger partial charge in [0.1, 0.15) is 5.69 Å². The van der Waals surface area contributed by atoms with E-state index in [4.69, 9.17) is 16.3 Å². The topological polar surface area (TPSA) is 61.1 Å². The Balaban J connectivity index is 1.98. The molecule has 2 aromatic heterocycles. The molecule has 0 aliphatic rings. The Morgan fingerprint density at radius 1 is 1.33 bits per heavy atom. The number of hydrogen-bond acceptors (Lipinski definition) is 3. The van der Waals surface area contributed by atoms with E-state index >= 15 is 0 Å². The van der Waals surface area contributed by atoms with Gasteiger partial charge in [-0.15, -0.1) is 0 Å². The molecule has 7 heteroatoms. The van der Waals surface area contributed by atoms with Crippen molar-refractivity contribution in [2.45, 2.75) is 13.5 Å². The molecule has 0 radical (unpaired) electrons. The van der Waals surface area contributed by atoms with Crippen molar-refractivity contribution < 1.29 is 9.53 Å². The fourth-order valence-corrected chi connectivity index (χ4v) is 2.84. The molecule has 1 amide bonds. The first-order valence-electron chi connectivity index (χ1n) is 7.59. The highest BCUT2D eigenvalue weighted by atomic mass is 35.5. The van der Waals surface area contributed by atoms with E-state index in [-0.39, 0.29) is 5.91 Å². The molecule has 0 aliphatic heterocycles. The molecule has 0 fully saturated rings. The molecule has 6 nitrogen and oxygen atoms in total. The van der Waals surface area contributed by atoms with Crippen LogP contribution in [0.5, 0.6) is 0 Å². The van der Waals surface area contributed by atoms with Gasteiger partial charge in [0.25, 0.3) is 5.91 Å². The molecule has 0 aliphatic carbocycles. The highest BCUT2D eigenvalue weighted by Gasteiger charge is 2.17. The largest absolute Gasteiger partial charge is 0.383 e. The number of benzene rings is 1. The van der Waals surface area contributed by atoms with Gasteiger partial charge in [-0.3, -0.25) is 9.48 Å². The third-order valence-corrected chi connectivity index (χ3v) is 4.21. The number of amides is 1. The van der Waals surface area contributed by atoms with Crippen LogP contribution < -0.4 is 5.32 Å². The van der Waals surface area contributed by atoms with Crippen molar-refractivity contribution in [2.24, 2.45) is 7.05 Å². The van der Waals surface area contributed by atoms with E-state index in [0.717, 1.165) is 16.6 Å². The maximum Gasteiger partial charge on any atom is 0.273 e. The number of nitrogens with one attached hydrogen (secondary N) is 1. The molecule has 3 aromatic rings. The van der Waals surface area contributed by atoms with Gasteiger partial charge in [0.15, 0.2) is 5.82 Å². The number of fused-ring (bicyclic) bond motifs is 1. The SMILES string of the molecule is COCCn1c(C(=O)Nc2cc(C)n(C)n2)cc2cc(Cl)ccc21. The van der Waals surface area contributed by atoms with Gasteiger partial charge in [-0.1, -0.05) is 11.6 Å². The predicted octanol–water partition coefficient (Wildman–Crippen LogP) is 3.24. The molecule has 0 unspecified atom stereocenters. The zero-order valence-corrected chi connectivity index (χ0v) is 14.6. The standard InChI is InChI=1S/C17H19ClN4O2/c1-11-8-16(20-21(11)2)19-17(23)15-10-12-9-13(18)4-5-14(12)22(15)6-7-24-3/h4-5,8-10H,6-7H2,1-3H3,(H,19,20,23). The molecule has 3 rings (SSSR count). The molecule has 2 heterocycles. The van der Waals surface area contributed by atoms with Crippen molar-refractivity contribution in [1.82, 2.24) is 14.3 Å². The lowest BCUT2D eigenvalue weighted by Gasteiger charge is -2.10. The van der Waals surface area contributed by atoms with Gasteiger partial charge in [0, 0.05) is 48.4 Å². The average molecular weight is 347 g/mol. The summed E-state index contributed by atoms with van der Waals surface area (Å²) in [6.07, 6.45) is 0. The molecule has 0 spiro atoms. The van der Waals surface area contributed by atoms with Crippen LogP contribution in [0.3, 0.4) is 0 Å². The van der Waals surface area contributed by atoms with Crippen molar-refractivity contribution in [3.8, 4) is 0 Å². The van der Waals surface area contributed by atoms with Crippen LogP contribution in [0.15, 0.2) is 30.3 Å². The van der Waals surface area contributed by atoms with E-state index in [9.17, 15) is 4.79 Å². The van der Waals surface area contributed by atoms with Crippen molar-refractivity contribution in [1.29, 1.82) is 0 Å². The molecular weight excluding hydrogens is 328 g/mol. The monoisotopic (exact) mass is 346 g/mol.